The fourth-order valence-corrected chi connectivity index (χ4v) is 2.24. The second kappa shape index (κ2) is 8.12. The van der Waals surface area contributed by atoms with Crippen LogP contribution in [0.2, 0.25) is 0 Å². The van der Waals surface area contributed by atoms with Gasteiger partial charge in [0, 0.05) is 6.21 Å². The van der Waals surface area contributed by atoms with Gasteiger partial charge < -0.3 is 0 Å². The van der Waals surface area contributed by atoms with E-state index in [1.807, 2.05) is 0 Å². The lowest BCUT2D eigenvalue weighted by Crippen LogP contribution is -2.11. The Morgan fingerprint density at radius 1 is 1.41 bits per heavy atom. The fourth-order valence-electron chi connectivity index (χ4n) is 2.24. The van der Waals surface area contributed by atoms with Gasteiger partial charge in [0.25, 0.3) is 0 Å². The molecule has 1 aliphatic carbocycles. The summed E-state index contributed by atoms with van der Waals surface area (Å²) in [6, 6.07) is 0. The van der Waals surface area contributed by atoms with Gasteiger partial charge in [-0.3, -0.25) is 5.41 Å². The first-order valence-electron chi connectivity index (χ1n) is 6.33. The number of aliphatic imine (C=N–C) groups is 1. The van der Waals surface area contributed by atoms with Crippen molar-refractivity contribution in [3.63, 3.8) is 0 Å². The van der Waals surface area contributed by atoms with Gasteiger partial charge in [-0.25, -0.2) is 4.99 Å². The van der Waals surface area contributed by atoms with E-state index in [2.05, 4.69) is 22.9 Å². The molecule has 4 heteroatoms. The summed E-state index contributed by atoms with van der Waals surface area (Å²) in [5.74, 6) is 0.483. The average Bonchev–Trinajstić information content (AvgIpc) is 2.36. The van der Waals surface area contributed by atoms with Crippen LogP contribution in [-0.2, 0) is 4.94 Å². The Balaban J connectivity index is 2.59. The highest BCUT2D eigenvalue weighted by molar-refractivity contribution is 5.93. The lowest BCUT2D eigenvalue weighted by Gasteiger charge is -2.22. The van der Waals surface area contributed by atoms with Crippen molar-refractivity contribution < 1.29 is 9.47 Å². The number of hydrogen-bond donors (Lipinski definition) is 1. The van der Waals surface area contributed by atoms with Gasteiger partial charge in [0.05, 0.1) is 0 Å². The largest absolute Gasteiger partial charge is 0.285 e. The summed E-state index contributed by atoms with van der Waals surface area (Å²) in [4.78, 5) is 7.32. The van der Waals surface area contributed by atoms with Gasteiger partial charge in [-0.05, 0) is 35.3 Å². The molecule has 1 fully saturated rings. The highest BCUT2D eigenvalue weighted by Gasteiger charge is 2.16. The normalized spacial score (nSPS) is 18.8. The first-order chi connectivity index (χ1) is 8.27. The molecule has 1 aliphatic rings. The third kappa shape index (κ3) is 5.22. The molecule has 96 valence electrons. The molecular formula is C13H21FN2O. The van der Waals surface area contributed by atoms with Crippen LogP contribution in [0.15, 0.2) is 16.6 Å². The molecule has 0 saturated heterocycles. The van der Waals surface area contributed by atoms with E-state index in [1.54, 1.807) is 6.21 Å². The monoisotopic (exact) mass is 240 g/mol. The van der Waals surface area contributed by atoms with Gasteiger partial charge in [-0.2, -0.15) is 4.94 Å². The molecule has 0 radical (unpaired) electrons. The van der Waals surface area contributed by atoms with Crippen LogP contribution in [-0.4, -0.2) is 18.7 Å². The Labute approximate surface area is 102 Å². The molecule has 17 heavy (non-hydrogen) atoms. The third-order valence-electron chi connectivity index (χ3n) is 3.08. The lowest BCUT2D eigenvalue weighted by atomic mass is 9.84. The third-order valence-corrected chi connectivity index (χ3v) is 3.08. The molecule has 0 aromatic carbocycles. The quantitative estimate of drug-likeness (QED) is 0.575. The molecule has 0 unspecified atom stereocenters. The highest BCUT2D eigenvalue weighted by Crippen LogP contribution is 2.29. The van der Waals surface area contributed by atoms with Crippen LogP contribution in [0.1, 0.15) is 45.4 Å². The number of halogens is 1. The van der Waals surface area contributed by atoms with Crippen molar-refractivity contribution in [1.82, 2.24) is 0 Å². The average molecular weight is 240 g/mol. The van der Waals surface area contributed by atoms with Gasteiger partial charge >= 0.3 is 0 Å². The van der Waals surface area contributed by atoms with E-state index in [4.69, 9.17) is 5.41 Å². The van der Waals surface area contributed by atoms with Crippen molar-refractivity contribution in [3.05, 3.63) is 11.6 Å². The second-order valence-corrected chi connectivity index (χ2v) is 4.41. The minimum atomic E-state index is -0.374. The predicted molar refractivity (Wildman–Crippen MR) is 68.2 cm³/mol. The summed E-state index contributed by atoms with van der Waals surface area (Å²) in [6.45, 7) is 1.72. The van der Waals surface area contributed by atoms with Crippen molar-refractivity contribution in [1.29, 1.82) is 5.41 Å². The van der Waals surface area contributed by atoms with Crippen LogP contribution < -0.4 is 0 Å². The molecule has 1 saturated carbocycles. The summed E-state index contributed by atoms with van der Waals surface area (Å²) in [5.41, 5.74) is 1.19. The number of nitrogens with zero attached hydrogens (tertiary/aromatic N) is 1. The zero-order chi connectivity index (χ0) is 12.5. The number of allylic oxidation sites excluding steroid dienone is 2. The Morgan fingerprint density at radius 2 is 2.12 bits per heavy atom. The van der Waals surface area contributed by atoms with E-state index in [0.717, 1.165) is 6.42 Å². The van der Waals surface area contributed by atoms with Crippen molar-refractivity contribution in [2.45, 2.75) is 45.4 Å². The minimum absolute atomic E-state index is 0.0784. The Morgan fingerprint density at radius 3 is 2.71 bits per heavy atom. The van der Waals surface area contributed by atoms with E-state index in [9.17, 15) is 4.53 Å². The molecule has 0 aromatic heterocycles. The number of nitrogens with one attached hydrogen (secondary N) is 1. The van der Waals surface area contributed by atoms with Gasteiger partial charge in [-0.1, -0.05) is 32.3 Å². The molecule has 0 aromatic rings. The summed E-state index contributed by atoms with van der Waals surface area (Å²) in [7, 11) is 0. The summed E-state index contributed by atoms with van der Waals surface area (Å²) < 4.78 is 11.5. The van der Waals surface area contributed by atoms with Crippen molar-refractivity contribution >= 4 is 12.1 Å². The van der Waals surface area contributed by atoms with Gasteiger partial charge in [-0.15, -0.1) is 0 Å². The van der Waals surface area contributed by atoms with Gasteiger partial charge in [0.2, 0.25) is 0 Å². The topological polar surface area (TPSA) is 45.4 Å². The zero-order valence-corrected chi connectivity index (χ0v) is 10.4. The van der Waals surface area contributed by atoms with Crippen LogP contribution in [0.25, 0.3) is 0 Å². The van der Waals surface area contributed by atoms with Gasteiger partial charge in [0.15, 0.2) is 0 Å². The van der Waals surface area contributed by atoms with Crippen molar-refractivity contribution in [2.24, 2.45) is 10.9 Å². The summed E-state index contributed by atoms with van der Waals surface area (Å²) in [5, 5.41) is 7.34. The molecule has 3 nitrogen and oxygen atoms in total. The summed E-state index contributed by atoms with van der Waals surface area (Å²) in [6.07, 6.45) is 11.1. The lowest BCUT2D eigenvalue weighted by molar-refractivity contribution is -0.112. The minimum Gasteiger partial charge on any atom is -0.285 e. The van der Waals surface area contributed by atoms with E-state index >= 15 is 0 Å². The number of hydrogen-bond acceptors (Lipinski definition) is 2. The van der Waals surface area contributed by atoms with Crippen molar-refractivity contribution in [2.75, 3.05) is 6.61 Å². The van der Waals surface area contributed by atoms with E-state index in [-0.39, 0.29) is 12.4 Å². The maximum atomic E-state index is 11.5. The molecule has 0 heterocycles. The highest BCUT2D eigenvalue weighted by atomic mass is 19.3. The zero-order valence-electron chi connectivity index (χ0n) is 10.4. The molecule has 0 spiro atoms. The van der Waals surface area contributed by atoms with Crippen LogP contribution in [0, 0.1) is 11.3 Å². The second-order valence-electron chi connectivity index (χ2n) is 4.41. The number of rotatable bonds is 5. The molecule has 0 aliphatic heterocycles. The van der Waals surface area contributed by atoms with Crippen molar-refractivity contribution in [3.8, 4) is 0 Å². The van der Waals surface area contributed by atoms with Gasteiger partial charge in [0.1, 0.15) is 12.4 Å². The molecule has 1 rings (SSSR count). The van der Waals surface area contributed by atoms with Crippen LogP contribution in [0.3, 0.4) is 0 Å². The molecule has 0 atom stereocenters. The first-order valence-corrected chi connectivity index (χ1v) is 6.33. The Hall–Kier alpha value is -1.03. The van der Waals surface area contributed by atoms with Crippen LogP contribution >= 0.6 is 0 Å². The van der Waals surface area contributed by atoms with E-state index in [1.165, 1.54) is 37.7 Å². The number of amidine groups is 1. The van der Waals surface area contributed by atoms with E-state index < -0.39 is 0 Å². The first kappa shape index (κ1) is 14.0. The fraction of sp³-hybridized carbons (Fsp3) is 0.692. The molecule has 1 N–H and O–H groups in total. The summed E-state index contributed by atoms with van der Waals surface area (Å²) >= 11 is 0. The molecule has 0 amide bonds. The smallest absolute Gasteiger partial charge is 0.150 e. The Kier molecular flexibility index (Phi) is 6.70. The Bertz CT molecular complexity index is 294. The maximum absolute atomic E-state index is 11.5. The molecule has 0 bridgehead atoms. The standard InChI is InChI=1S/C13H21FN2O/c1-2-6-12(9-16-13(15)10-17-14)11-7-4-3-5-8-11/h6,9,11,15H,2-5,7-8,10H2,1H3/b12-6+,15-13?,16-9-. The predicted octanol–water partition coefficient (Wildman–Crippen LogP) is 3.85. The van der Waals surface area contributed by atoms with E-state index in [0.29, 0.717) is 5.92 Å². The maximum Gasteiger partial charge on any atom is 0.150 e. The SMILES string of the molecule is CC/C=C(\C=N/C(=N)COF)C1CCCCC1. The molecular weight excluding hydrogens is 219 g/mol. The van der Waals surface area contributed by atoms with Crippen LogP contribution in [0.4, 0.5) is 4.53 Å². The van der Waals surface area contributed by atoms with Crippen LogP contribution in [0.5, 0.6) is 0 Å².